The van der Waals surface area contributed by atoms with Gasteiger partial charge in [-0.1, -0.05) is 6.07 Å². The summed E-state index contributed by atoms with van der Waals surface area (Å²) in [4.78, 5) is 9.92. The Morgan fingerprint density at radius 3 is 3.15 bits per heavy atom. The summed E-state index contributed by atoms with van der Waals surface area (Å²) in [6.45, 7) is -0.173. The van der Waals surface area contributed by atoms with Gasteiger partial charge in [0, 0.05) is 11.1 Å². The van der Waals surface area contributed by atoms with Gasteiger partial charge in [-0.2, -0.15) is 5.10 Å². The second-order valence-electron chi connectivity index (χ2n) is 2.69. The molecular weight excluding hydrogens is 170 g/mol. The highest BCUT2D eigenvalue weighted by molar-refractivity contribution is 5.52. The molecule has 2 aromatic heterocycles. The summed E-state index contributed by atoms with van der Waals surface area (Å²) in [5, 5.41) is 14.3. The summed E-state index contributed by atoms with van der Waals surface area (Å²) in [7, 11) is 0. The molecule has 0 amide bonds. The minimum Gasteiger partial charge on any atom is -0.264 e. The Bertz CT molecular complexity index is 449. The van der Waals surface area contributed by atoms with Gasteiger partial charge < -0.3 is 0 Å². The summed E-state index contributed by atoms with van der Waals surface area (Å²) in [6.07, 6.45) is 3.29. The van der Waals surface area contributed by atoms with Crippen LogP contribution in [0.4, 0.5) is 0 Å². The van der Waals surface area contributed by atoms with E-state index in [1.807, 2.05) is 18.2 Å². The average molecular weight is 177 g/mol. The van der Waals surface area contributed by atoms with Crippen LogP contribution in [-0.2, 0) is 6.54 Å². The third kappa shape index (κ3) is 1.35. The van der Waals surface area contributed by atoms with E-state index < -0.39 is 0 Å². The molecule has 0 atom stereocenters. The highest BCUT2D eigenvalue weighted by atomic mass is 16.6. The van der Waals surface area contributed by atoms with Crippen LogP contribution < -0.4 is 0 Å². The van der Waals surface area contributed by atoms with E-state index in [2.05, 4.69) is 5.10 Å². The normalized spacial score (nSPS) is 10.5. The van der Waals surface area contributed by atoms with E-state index in [9.17, 15) is 10.1 Å². The van der Waals surface area contributed by atoms with E-state index in [1.165, 1.54) is 6.20 Å². The molecule has 0 aliphatic carbocycles. The van der Waals surface area contributed by atoms with Gasteiger partial charge in [0.1, 0.15) is 0 Å². The van der Waals surface area contributed by atoms with Crippen molar-refractivity contribution in [2.45, 2.75) is 6.54 Å². The smallest absolute Gasteiger partial charge is 0.232 e. The van der Waals surface area contributed by atoms with Crippen molar-refractivity contribution in [2.75, 3.05) is 0 Å². The van der Waals surface area contributed by atoms with Gasteiger partial charge in [-0.25, -0.2) is 4.52 Å². The van der Waals surface area contributed by atoms with Crippen molar-refractivity contribution < 1.29 is 4.92 Å². The van der Waals surface area contributed by atoms with Gasteiger partial charge in [0.15, 0.2) is 0 Å². The number of nitro groups is 1. The quantitative estimate of drug-likeness (QED) is 0.510. The number of nitrogens with zero attached hydrogens (tertiary/aromatic N) is 3. The standard InChI is InChI=1S/C8H7N3O2/c12-11(13)6-7-5-9-10-4-2-1-3-8(7)10/h1-5H,6H2. The maximum absolute atomic E-state index is 10.3. The van der Waals surface area contributed by atoms with Crippen LogP contribution in [0.5, 0.6) is 0 Å². The van der Waals surface area contributed by atoms with Crippen LogP contribution in [0.3, 0.4) is 0 Å². The zero-order valence-corrected chi connectivity index (χ0v) is 6.75. The maximum atomic E-state index is 10.3. The Labute approximate surface area is 73.8 Å². The largest absolute Gasteiger partial charge is 0.264 e. The first-order valence-electron chi connectivity index (χ1n) is 3.80. The first-order valence-corrected chi connectivity index (χ1v) is 3.80. The molecule has 0 saturated heterocycles. The Morgan fingerprint density at radius 1 is 1.54 bits per heavy atom. The third-order valence-electron chi connectivity index (χ3n) is 1.81. The first-order chi connectivity index (χ1) is 6.27. The second-order valence-corrected chi connectivity index (χ2v) is 2.69. The second kappa shape index (κ2) is 2.85. The minimum absolute atomic E-state index is 0.173. The Morgan fingerprint density at radius 2 is 2.38 bits per heavy atom. The monoisotopic (exact) mass is 177 g/mol. The van der Waals surface area contributed by atoms with Crippen LogP contribution in [0.2, 0.25) is 0 Å². The van der Waals surface area contributed by atoms with Crippen LogP contribution in [-0.4, -0.2) is 14.5 Å². The summed E-state index contributed by atoms with van der Waals surface area (Å²) in [5.74, 6) is 0. The molecule has 0 N–H and O–H groups in total. The molecule has 0 unspecified atom stereocenters. The fourth-order valence-corrected chi connectivity index (χ4v) is 1.25. The molecule has 0 radical (unpaired) electrons. The first kappa shape index (κ1) is 7.72. The molecule has 5 nitrogen and oxygen atoms in total. The van der Waals surface area contributed by atoms with E-state index in [-0.39, 0.29) is 11.5 Å². The molecule has 0 fully saturated rings. The maximum Gasteiger partial charge on any atom is 0.232 e. The summed E-state index contributed by atoms with van der Waals surface area (Å²) >= 11 is 0. The van der Waals surface area contributed by atoms with E-state index in [1.54, 1.807) is 10.7 Å². The summed E-state index contributed by atoms with van der Waals surface area (Å²) in [6, 6.07) is 5.47. The molecule has 13 heavy (non-hydrogen) atoms. The van der Waals surface area contributed by atoms with Crippen molar-refractivity contribution in [3.63, 3.8) is 0 Å². The van der Waals surface area contributed by atoms with Gasteiger partial charge >= 0.3 is 0 Å². The molecule has 0 aliphatic heterocycles. The lowest BCUT2D eigenvalue weighted by molar-refractivity contribution is -0.496. The van der Waals surface area contributed by atoms with E-state index in [0.717, 1.165) is 5.52 Å². The number of hydrogen-bond donors (Lipinski definition) is 0. The minimum atomic E-state index is -0.357. The fourth-order valence-electron chi connectivity index (χ4n) is 1.25. The zero-order chi connectivity index (χ0) is 9.26. The van der Waals surface area contributed by atoms with Crippen LogP contribution in [0.25, 0.3) is 5.52 Å². The van der Waals surface area contributed by atoms with Gasteiger partial charge in [0.2, 0.25) is 6.54 Å². The van der Waals surface area contributed by atoms with Crippen molar-refractivity contribution in [2.24, 2.45) is 0 Å². The van der Waals surface area contributed by atoms with Crippen molar-refractivity contribution in [3.05, 3.63) is 46.3 Å². The van der Waals surface area contributed by atoms with Crippen molar-refractivity contribution in [3.8, 4) is 0 Å². The van der Waals surface area contributed by atoms with Crippen LogP contribution in [0.1, 0.15) is 5.56 Å². The Balaban J connectivity index is 2.51. The molecule has 2 aromatic rings. The lowest BCUT2D eigenvalue weighted by Crippen LogP contribution is -1.97. The molecular formula is C8H7N3O2. The predicted molar refractivity (Wildman–Crippen MR) is 45.9 cm³/mol. The number of rotatable bonds is 2. The van der Waals surface area contributed by atoms with Gasteiger partial charge in [0.05, 0.1) is 17.3 Å². The molecule has 5 heteroatoms. The van der Waals surface area contributed by atoms with E-state index in [0.29, 0.717) is 5.56 Å². The highest BCUT2D eigenvalue weighted by Gasteiger charge is 2.07. The van der Waals surface area contributed by atoms with Gasteiger partial charge in [-0.05, 0) is 12.1 Å². The van der Waals surface area contributed by atoms with Gasteiger partial charge in [0.25, 0.3) is 0 Å². The third-order valence-corrected chi connectivity index (χ3v) is 1.81. The molecule has 2 heterocycles. The van der Waals surface area contributed by atoms with Crippen molar-refractivity contribution in [1.82, 2.24) is 9.61 Å². The number of hydrogen-bond acceptors (Lipinski definition) is 3. The van der Waals surface area contributed by atoms with Gasteiger partial charge in [-0.15, -0.1) is 0 Å². The average Bonchev–Trinajstić information content (AvgIpc) is 2.48. The Hall–Kier alpha value is -1.91. The van der Waals surface area contributed by atoms with Crippen molar-refractivity contribution >= 4 is 5.52 Å². The molecule has 2 rings (SSSR count). The van der Waals surface area contributed by atoms with Crippen molar-refractivity contribution in [1.29, 1.82) is 0 Å². The highest BCUT2D eigenvalue weighted by Crippen LogP contribution is 2.10. The molecule has 0 aliphatic rings. The lowest BCUT2D eigenvalue weighted by atomic mass is 10.3. The number of fused-ring (bicyclic) bond motifs is 1. The predicted octanol–water partition coefficient (Wildman–Crippen LogP) is 1.11. The van der Waals surface area contributed by atoms with Gasteiger partial charge in [-0.3, -0.25) is 10.1 Å². The molecule has 66 valence electrons. The summed E-state index contributed by atoms with van der Waals surface area (Å²) in [5.41, 5.74) is 1.44. The summed E-state index contributed by atoms with van der Waals surface area (Å²) < 4.78 is 1.62. The SMILES string of the molecule is O=[N+]([O-])Cc1cnn2ccccc12. The zero-order valence-electron chi connectivity index (χ0n) is 6.75. The Kier molecular flexibility index (Phi) is 1.70. The number of aromatic nitrogens is 2. The fraction of sp³-hybridized carbons (Fsp3) is 0.125. The molecule has 0 bridgehead atoms. The topological polar surface area (TPSA) is 60.4 Å². The van der Waals surface area contributed by atoms with Crippen LogP contribution in [0, 0.1) is 10.1 Å². The number of pyridine rings is 1. The lowest BCUT2D eigenvalue weighted by Gasteiger charge is -1.92. The molecule has 0 spiro atoms. The van der Waals surface area contributed by atoms with Crippen LogP contribution >= 0.6 is 0 Å². The van der Waals surface area contributed by atoms with E-state index >= 15 is 0 Å². The van der Waals surface area contributed by atoms with Crippen LogP contribution in [0.15, 0.2) is 30.6 Å². The molecule has 0 aromatic carbocycles. The van der Waals surface area contributed by atoms with E-state index in [4.69, 9.17) is 0 Å². The molecule has 0 saturated carbocycles.